The molecule has 0 bridgehead atoms. The largest absolute Gasteiger partial charge is 0.480 e. The molecule has 0 aliphatic rings. The summed E-state index contributed by atoms with van der Waals surface area (Å²) >= 11 is 0. The normalized spacial score (nSPS) is 14.4. The van der Waals surface area contributed by atoms with E-state index in [9.17, 15) is 48.6 Å². The molecule has 1 heterocycles. The van der Waals surface area contributed by atoms with Crippen molar-refractivity contribution < 1.29 is 53.7 Å². The minimum absolute atomic E-state index is 0.0132. The van der Waals surface area contributed by atoms with Crippen LogP contribution in [0.25, 0.3) is 0 Å². The van der Waals surface area contributed by atoms with Crippen LogP contribution in [-0.4, -0.2) is 135 Å². The molecule has 0 aliphatic heterocycles. The summed E-state index contributed by atoms with van der Waals surface area (Å²) in [6.45, 7) is 1.16. The first-order valence-corrected chi connectivity index (χ1v) is 17.0. The monoisotopic (exact) mass is 755 g/mol. The Morgan fingerprint density at radius 3 is 1.75 bits per heavy atom. The summed E-state index contributed by atoms with van der Waals surface area (Å²) < 4.78 is 0. The number of unbranched alkanes of at least 4 members (excludes halogenated alkanes) is 1. The number of carbonyl (C=O) groups excluding carboxylic acids is 7. The average Bonchev–Trinajstić information content (AvgIpc) is 3.61. The topological polar surface area (TPSA) is 376 Å². The highest BCUT2D eigenvalue weighted by molar-refractivity contribution is 5.97. The predicted molar refractivity (Wildman–Crippen MR) is 186 cm³/mol. The first-order chi connectivity index (χ1) is 25.0. The van der Waals surface area contributed by atoms with E-state index in [1.54, 1.807) is 13.8 Å². The summed E-state index contributed by atoms with van der Waals surface area (Å²) in [4.78, 5) is 107. The zero-order chi connectivity index (χ0) is 40.1. The Bertz CT molecular complexity index is 1380. The van der Waals surface area contributed by atoms with Crippen LogP contribution >= 0.6 is 0 Å². The Hall–Kier alpha value is -5.19. The molecule has 22 nitrogen and oxygen atoms in total. The van der Waals surface area contributed by atoms with Crippen molar-refractivity contribution in [3.05, 3.63) is 18.2 Å². The number of primary amides is 1. The predicted octanol–water partition coefficient (Wildman–Crippen LogP) is -5.67. The van der Waals surface area contributed by atoms with E-state index < -0.39 is 103 Å². The number of nitrogens with zero attached hydrogens (tertiary/aromatic N) is 1. The number of hydrogen-bond acceptors (Lipinski definition) is 13. The molecular weight excluding hydrogens is 702 g/mol. The van der Waals surface area contributed by atoms with Gasteiger partial charge >= 0.3 is 5.97 Å². The lowest BCUT2D eigenvalue weighted by Gasteiger charge is -2.27. The fraction of sp³-hybridized carbons (Fsp3) is 0.645. The van der Waals surface area contributed by atoms with Crippen molar-refractivity contribution in [2.75, 3.05) is 26.3 Å². The number of rotatable bonds is 26. The van der Waals surface area contributed by atoms with Crippen molar-refractivity contribution in [2.45, 2.75) is 95.0 Å². The number of aliphatic carboxylic acids is 1. The Kier molecular flexibility index (Phi) is 20.9. The molecule has 1 aromatic heterocycles. The number of aliphatic hydroxyl groups excluding tert-OH is 2. The zero-order valence-electron chi connectivity index (χ0n) is 29.8. The molecule has 0 saturated heterocycles. The standard InChI is InChI=1S/C31H53N11O11/c1-16(2)9-21(29(51)39-20(6-7-24(34)45)27(49)36-12-25(46)47)40-28(50)19(5-3-4-8-32)38-30(52)23(14-44)42-31(53)22(13-43)41-26(48)18(33)10-17-11-35-15-37-17/h11,15-16,18-23,43-44H,3-10,12-14,32-33H2,1-2H3,(H2,34,45)(H,35,37)(H,36,49)(H,38,52)(H,39,51)(H,40,50)(H,41,48)(H,42,53)(H,46,47). The van der Waals surface area contributed by atoms with Crippen molar-refractivity contribution in [3.8, 4) is 0 Å². The summed E-state index contributed by atoms with van der Waals surface area (Å²) in [6, 6.07) is -8.31. The molecule has 7 amide bonds. The second-order valence-corrected chi connectivity index (χ2v) is 12.6. The number of H-pyrrole nitrogens is 1. The highest BCUT2D eigenvalue weighted by atomic mass is 16.4. The minimum atomic E-state index is -1.65. The molecule has 0 saturated carbocycles. The number of carboxylic acids is 1. The maximum Gasteiger partial charge on any atom is 0.322 e. The van der Waals surface area contributed by atoms with Gasteiger partial charge in [0.15, 0.2) is 0 Å². The number of hydrogen-bond donors (Lipinski definition) is 13. The molecule has 0 radical (unpaired) electrons. The summed E-state index contributed by atoms with van der Waals surface area (Å²) in [6.07, 6.45) is 3.14. The number of nitrogens with one attached hydrogen (secondary N) is 7. The van der Waals surface area contributed by atoms with Crippen LogP contribution in [0.3, 0.4) is 0 Å². The molecule has 53 heavy (non-hydrogen) atoms. The molecule has 1 rings (SSSR count). The third-order valence-corrected chi connectivity index (χ3v) is 7.61. The van der Waals surface area contributed by atoms with Crippen molar-refractivity contribution >= 4 is 47.3 Å². The number of aromatic amines is 1. The number of amides is 7. The van der Waals surface area contributed by atoms with Crippen LogP contribution in [0.2, 0.25) is 0 Å². The van der Waals surface area contributed by atoms with Gasteiger partial charge < -0.3 is 69.4 Å². The summed E-state index contributed by atoms with van der Waals surface area (Å²) in [5, 5.41) is 42.7. The number of carboxylic acid groups (broad SMARTS) is 1. The highest BCUT2D eigenvalue weighted by Gasteiger charge is 2.33. The van der Waals surface area contributed by atoms with E-state index in [1.165, 1.54) is 12.5 Å². The lowest BCUT2D eigenvalue weighted by atomic mass is 10.0. The molecule has 6 unspecified atom stereocenters. The number of aliphatic hydroxyl groups is 2. The number of carbonyl (C=O) groups is 8. The third-order valence-electron chi connectivity index (χ3n) is 7.61. The van der Waals surface area contributed by atoms with E-state index >= 15 is 0 Å². The zero-order valence-corrected chi connectivity index (χ0v) is 29.8. The molecule has 0 fully saturated rings. The van der Waals surface area contributed by atoms with Crippen LogP contribution in [-0.2, 0) is 44.8 Å². The van der Waals surface area contributed by atoms with E-state index in [0.717, 1.165) is 0 Å². The molecule has 298 valence electrons. The molecule has 1 aromatic rings. The van der Waals surface area contributed by atoms with Crippen molar-refractivity contribution in [2.24, 2.45) is 23.1 Å². The van der Waals surface area contributed by atoms with Crippen LogP contribution < -0.4 is 49.1 Å². The lowest BCUT2D eigenvalue weighted by Crippen LogP contribution is -2.60. The molecule has 16 N–H and O–H groups in total. The fourth-order valence-corrected chi connectivity index (χ4v) is 4.79. The highest BCUT2D eigenvalue weighted by Crippen LogP contribution is 2.09. The molecule has 0 aliphatic carbocycles. The number of imidazole rings is 1. The van der Waals surface area contributed by atoms with Crippen LogP contribution in [0, 0.1) is 5.92 Å². The van der Waals surface area contributed by atoms with Gasteiger partial charge in [0.1, 0.15) is 36.8 Å². The maximum atomic E-state index is 13.6. The van der Waals surface area contributed by atoms with Gasteiger partial charge in [-0.1, -0.05) is 13.8 Å². The van der Waals surface area contributed by atoms with Crippen LogP contribution in [0.15, 0.2) is 12.5 Å². The van der Waals surface area contributed by atoms with E-state index in [-0.39, 0.29) is 44.6 Å². The summed E-state index contributed by atoms with van der Waals surface area (Å²) in [7, 11) is 0. The van der Waals surface area contributed by atoms with Crippen molar-refractivity contribution in [1.29, 1.82) is 0 Å². The van der Waals surface area contributed by atoms with Gasteiger partial charge in [0.2, 0.25) is 41.4 Å². The molecular formula is C31H53N11O11. The van der Waals surface area contributed by atoms with Gasteiger partial charge in [0.05, 0.1) is 25.6 Å². The first kappa shape index (κ1) is 45.8. The number of nitrogens with two attached hydrogens (primary N) is 3. The van der Waals surface area contributed by atoms with Gasteiger partial charge in [0, 0.05) is 24.7 Å². The van der Waals surface area contributed by atoms with Crippen molar-refractivity contribution in [3.63, 3.8) is 0 Å². The van der Waals surface area contributed by atoms with Crippen LogP contribution in [0.4, 0.5) is 0 Å². The molecule has 22 heteroatoms. The second-order valence-electron chi connectivity index (χ2n) is 12.6. The Labute approximate surface area is 305 Å². The van der Waals surface area contributed by atoms with Crippen LogP contribution in [0.1, 0.15) is 58.1 Å². The summed E-state index contributed by atoms with van der Waals surface area (Å²) in [5.41, 5.74) is 17.2. The van der Waals surface area contributed by atoms with E-state index in [0.29, 0.717) is 18.5 Å². The molecule has 0 aromatic carbocycles. The maximum absolute atomic E-state index is 13.6. The van der Waals surface area contributed by atoms with Gasteiger partial charge in [-0.2, -0.15) is 0 Å². The van der Waals surface area contributed by atoms with Gasteiger partial charge in [-0.25, -0.2) is 4.98 Å². The molecule has 6 atom stereocenters. The van der Waals surface area contributed by atoms with Gasteiger partial charge in [-0.3, -0.25) is 38.4 Å². The van der Waals surface area contributed by atoms with E-state index in [1.807, 2.05) is 0 Å². The first-order valence-electron chi connectivity index (χ1n) is 17.0. The van der Waals surface area contributed by atoms with Gasteiger partial charge in [-0.05, 0) is 44.6 Å². The smallest absolute Gasteiger partial charge is 0.322 e. The summed E-state index contributed by atoms with van der Waals surface area (Å²) in [5.74, 6) is -7.75. The van der Waals surface area contributed by atoms with Gasteiger partial charge in [0.25, 0.3) is 0 Å². The lowest BCUT2D eigenvalue weighted by molar-refractivity contribution is -0.139. The SMILES string of the molecule is CC(C)CC(NC(=O)C(CCCCN)NC(=O)C(CO)NC(=O)C(CO)NC(=O)C(N)Cc1cnc[nH]1)C(=O)NC(CCC(N)=O)C(=O)NCC(=O)O. The minimum Gasteiger partial charge on any atom is -0.480 e. The van der Waals surface area contributed by atoms with E-state index in [2.05, 4.69) is 41.9 Å². The molecule has 0 spiro atoms. The van der Waals surface area contributed by atoms with E-state index in [4.69, 9.17) is 22.3 Å². The van der Waals surface area contributed by atoms with Crippen LogP contribution in [0.5, 0.6) is 0 Å². The second kappa shape index (κ2) is 24.1. The average molecular weight is 756 g/mol. The van der Waals surface area contributed by atoms with Gasteiger partial charge in [-0.15, -0.1) is 0 Å². The Morgan fingerprint density at radius 1 is 0.755 bits per heavy atom. The van der Waals surface area contributed by atoms with Crippen molar-refractivity contribution in [1.82, 2.24) is 41.9 Å². The Balaban J connectivity index is 3.10. The Morgan fingerprint density at radius 2 is 1.26 bits per heavy atom. The number of aromatic nitrogens is 2. The fourth-order valence-electron chi connectivity index (χ4n) is 4.79. The quantitative estimate of drug-likeness (QED) is 0.0392. The third kappa shape index (κ3) is 17.7.